The first kappa shape index (κ1) is 13.4. The first-order valence-electron chi connectivity index (χ1n) is 6.10. The number of benzene rings is 1. The summed E-state index contributed by atoms with van der Waals surface area (Å²) >= 11 is 3.40. The Kier molecular flexibility index (Phi) is 3.92. The number of carbonyl (C=O) groups is 1. The summed E-state index contributed by atoms with van der Waals surface area (Å²) in [6, 6.07) is 7.65. The maximum Gasteiger partial charge on any atom is 0.322 e. The molecule has 1 N–H and O–H groups in total. The predicted molar refractivity (Wildman–Crippen MR) is 76.6 cm³/mol. The first-order valence-corrected chi connectivity index (χ1v) is 6.89. The topological polar surface area (TPSA) is 32.3 Å². The van der Waals surface area contributed by atoms with Crippen LogP contribution >= 0.6 is 15.9 Å². The summed E-state index contributed by atoms with van der Waals surface area (Å²) in [5.74, 6) is 0. The van der Waals surface area contributed by atoms with E-state index >= 15 is 0 Å². The van der Waals surface area contributed by atoms with Crippen LogP contribution in [-0.2, 0) is 0 Å². The Bertz CT molecular complexity index is 438. The van der Waals surface area contributed by atoms with Gasteiger partial charge in [-0.15, -0.1) is 0 Å². The van der Waals surface area contributed by atoms with Crippen LogP contribution in [0.4, 0.5) is 10.5 Å². The minimum atomic E-state index is -0.00667. The van der Waals surface area contributed by atoms with Crippen LogP contribution in [0.3, 0.4) is 0 Å². The van der Waals surface area contributed by atoms with Gasteiger partial charge in [0, 0.05) is 10.2 Å². The van der Waals surface area contributed by atoms with Crippen molar-refractivity contribution < 1.29 is 9.28 Å². The zero-order chi connectivity index (χ0) is 13.2. The van der Waals surface area contributed by atoms with Crippen LogP contribution < -0.4 is 5.32 Å². The Hall–Kier alpha value is -1.07. The van der Waals surface area contributed by atoms with E-state index in [-0.39, 0.29) is 6.03 Å². The smallest absolute Gasteiger partial charge is 0.322 e. The van der Waals surface area contributed by atoms with Crippen LogP contribution in [0, 0.1) is 0 Å². The maximum absolute atomic E-state index is 12.1. The highest BCUT2D eigenvalue weighted by Gasteiger charge is 2.27. The molecule has 1 aliphatic rings. The molecule has 2 amide bonds. The van der Waals surface area contributed by atoms with Gasteiger partial charge < -0.3 is 14.7 Å². The number of quaternary nitrogens is 1. The molecule has 1 saturated heterocycles. The zero-order valence-corrected chi connectivity index (χ0v) is 12.4. The third-order valence-corrected chi connectivity index (χ3v) is 3.81. The second kappa shape index (κ2) is 5.28. The summed E-state index contributed by atoms with van der Waals surface area (Å²) < 4.78 is 1.96. The van der Waals surface area contributed by atoms with Crippen molar-refractivity contribution in [2.24, 2.45) is 0 Å². The molecule has 1 fully saturated rings. The summed E-state index contributed by atoms with van der Waals surface area (Å²) in [5.41, 5.74) is 0.827. The molecule has 4 nitrogen and oxygen atoms in total. The molecule has 0 saturated carbocycles. The Morgan fingerprint density at radius 2 is 2.00 bits per heavy atom. The lowest BCUT2D eigenvalue weighted by molar-refractivity contribution is -0.894. The van der Waals surface area contributed by atoms with Crippen LogP contribution in [-0.4, -0.2) is 55.7 Å². The molecule has 98 valence electrons. The number of piperazine rings is 1. The molecule has 1 aliphatic heterocycles. The zero-order valence-electron chi connectivity index (χ0n) is 10.8. The van der Waals surface area contributed by atoms with E-state index in [9.17, 15) is 4.79 Å². The summed E-state index contributed by atoms with van der Waals surface area (Å²) in [7, 11) is 4.40. The molecule has 2 rings (SSSR count). The minimum Gasteiger partial charge on any atom is -0.326 e. The van der Waals surface area contributed by atoms with Crippen molar-refractivity contribution in [1.82, 2.24) is 4.90 Å². The largest absolute Gasteiger partial charge is 0.326 e. The normalized spacial score (nSPS) is 18.5. The van der Waals surface area contributed by atoms with Gasteiger partial charge in [0.15, 0.2) is 0 Å². The number of nitrogens with zero attached hydrogens (tertiary/aromatic N) is 2. The van der Waals surface area contributed by atoms with Gasteiger partial charge in [-0.2, -0.15) is 0 Å². The molecule has 0 aliphatic carbocycles. The Morgan fingerprint density at radius 1 is 1.33 bits per heavy atom. The molecule has 0 radical (unpaired) electrons. The highest BCUT2D eigenvalue weighted by Crippen LogP contribution is 2.16. The van der Waals surface area contributed by atoms with E-state index < -0.39 is 0 Å². The van der Waals surface area contributed by atoms with Gasteiger partial charge >= 0.3 is 6.03 Å². The van der Waals surface area contributed by atoms with E-state index in [2.05, 4.69) is 35.3 Å². The van der Waals surface area contributed by atoms with Crippen LogP contribution in [0.1, 0.15) is 0 Å². The summed E-state index contributed by atoms with van der Waals surface area (Å²) in [4.78, 5) is 14.0. The van der Waals surface area contributed by atoms with E-state index in [0.717, 1.165) is 40.8 Å². The number of nitrogens with one attached hydrogen (secondary N) is 1. The summed E-state index contributed by atoms with van der Waals surface area (Å²) in [6.45, 7) is 3.64. The number of likely N-dealkylation sites (N-methyl/N-ethyl adjacent to an activating group) is 1. The Morgan fingerprint density at radius 3 is 2.61 bits per heavy atom. The van der Waals surface area contributed by atoms with Gasteiger partial charge in [0.05, 0.1) is 40.3 Å². The van der Waals surface area contributed by atoms with Crippen molar-refractivity contribution in [3.8, 4) is 0 Å². The highest BCUT2D eigenvalue weighted by molar-refractivity contribution is 9.10. The number of anilines is 1. The third kappa shape index (κ3) is 3.46. The van der Waals surface area contributed by atoms with Gasteiger partial charge in [0.1, 0.15) is 0 Å². The monoisotopic (exact) mass is 312 g/mol. The molecule has 1 aromatic rings. The molecule has 0 bridgehead atoms. The van der Waals surface area contributed by atoms with Gasteiger partial charge in [-0.1, -0.05) is 22.0 Å². The van der Waals surface area contributed by atoms with Crippen LogP contribution in [0.15, 0.2) is 28.7 Å². The second-order valence-electron chi connectivity index (χ2n) is 5.31. The van der Waals surface area contributed by atoms with Gasteiger partial charge in [0.2, 0.25) is 0 Å². The molecule has 5 heteroatoms. The maximum atomic E-state index is 12.1. The van der Waals surface area contributed by atoms with Crippen LogP contribution in [0.2, 0.25) is 0 Å². The van der Waals surface area contributed by atoms with Crippen LogP contribution in [0.5, 0.6) is 0 Å². The van der Waals surface area contributed by atoms with E-state index in [1.165, 1.54) is 0 Å². The van der Waals surface area contributed by atoms with Crippen molar-refractivity contribution in [2.45, 2.75) is 0 Å². The Labute approximate surface area is 116 Å². The number of hydrogen-bond donors (Lipinski definition) is 1. The van der Waals surface area contributed by atoms with Crippen LogP contribution in [0.25, 0.3) is 0 Å². The van der Waals surface area contributed by atoms with Gasteiger partial charge in [-0.05, 0) is 18.2 Å². The lowest BCUT2D eigenvalue weighted by Gasteiger charge is -2.38. The molecule has 1 heterocycles. The van der Waals surface area contributed by atoms with Gasteiger partial charge in [-0.3, -0.25) is 0 Å². The fourth-order valence-corrected chi connectivity index (χ4v) is 2.38. The molecule has 1 aromatic carbocycles. The van der Waals surface area contributed by atoms with Crippen molar-refractivity contribution in [2.75, 3.05) is 45.6 Å². The van der Waals surface area contributed by atoms with Crippen molar-refractivity contribution >= 4 is 27.6 Å². The molecule has 0 spiro atoms. The first-order chi connectivity index (χ1) is 8.46. The van der Waals surface area contributed by atoms with Crippen molar-refractivity contribution in [3.63, 3.8) is 0 Å². The van der Waals surface area contributed by atoms with E-state index in [0.29, 0.717) is 0 Å². The number of carbonyl (C=O) groups excluding carboxylic acids is 1. The number of urea groups is 1. The summed E-state index contributed by atoms with van der Waals surface area (Å²) in [6.07, 6.45) is 0. The van der Waals surface area contributed by atoms with Crippen molar-refractivity contribution in [1.29, 1.82) is 0 Å². The average Bonchev–Trinajstić information content (AvgIpc) is 2.28. The van der Waals surface area contributed by atoms with Gasteiger partial charge in [0.25, 0.3) is 0 Å². The quantitative estimate of drug-likeness (QED) is 0.793. The molecular weight excluding hydrogens is 294 g/mol. The van der Waals surface area contributed by atoms with E-state index in [4.69, 9.17) is 0 Å². The number of hydrogen-bond acceptors (Lipinski definition) is 1. The van der Waals surface area contributed by atoms with E-state index in [1.807, 2.05) is 29.2 Å². The average molecular weight is 313 g/mol. The minimum absolute atomic E-state index is 0.00667. The van der Waals surface area contributed by atoms with Gasteiger partial charge in [-0.25, -0.2) is 4.79 Å². The number of halogens is 1. The Balaban J connectivity index is 1.93. The van der Waals surface area contributed by atoms with Crippen molar-refractivity contribution in [3.05, 3.63) is 28.7 Å². The lowest BCUT2D eigenvalue weighted by Crippen LogP contribution is -2.56. The number of rotatable bonds is 1. The molecule has 18 heavy (non-hydrogen) atoms. The fraction of sp³-hybridized carbons (Fsp3) is 0.462. The van der Waals surface area contributed by atoms with E-state index in [1.54, 1.807) is 0 Å². The second-order valence-corrected chi connectivity index (χ2v) is 6.23. The SMILES string of the molecule is C[N+]1(C)CCN(C(=O)Nc2cccc(Br)c2)CC1. The molecule has 0 atom stereocenters. The lowest BCUT2D eigenvalue weighted by atomic mass is 10.3. The summed E-state index contributed by atoms with van der Waals surface area (Å²) in [5, 5.41) is 2.93. The molecule has 0 aromatic heterocycles. The third-order valence-electron chi connectivity index (χ3n) is 3.31. The standard InChI is InChI=1S/C13H18BrN3O/c1-17(2)8-6-16(7-9-17)13(18)15-12-5-3-4-11(14)10-12/h3-5,10H,6-9H2,1-2H3/p+1. The molecular formula is C13H19BrN3O+. The number of amides is 2. The fourth-order valence-electron chi connectivity index (χ4n) is 1.98. The highest BCUT2D eigenvalue weighted by atomic mass is 79.9. The predicted octanol–water partition coefficient (Wildman–Crippen LogP) is 2.37. The molecule has 0 unspecified atom stereocenters.